The molecule has 0 unspecified atom stereocenters. The predicted octanol–water partition coefficient (Wildman–Crippen LogP) is 3.54. The summed E-state index contributed by atoms with van der Waals surface area (Å²) in [5, 5.41) is 12.5. The van der Waals surface area contributed by atoms with E-state index in [4.69, 9.17) is 4.74 Å². The van der Waals surface area contributed by atoms with Gasteiger partial charge in [0.2, 0.25) is 0 Å². The number of benzene rings is 2. The summed E-state index contributed by atoms with van der Waals surface area (Å²) in [5.74, 6) is 1.19. The molecule has 0 heterocycles. The van der Waals surface area contributed by atoms with Gasteiger partial charge in [0.25, 0.3) is 0 Å². The van der Waals surface area contributed by atoms with Gasteiger partial charge in [0.1, 0.15) is 11.6 Å². The zero-order valence-corrected chi connectivity index (χ0v) is 18.2. The zero-order chi connectivity index (χ0) is 18.9. The summed E-state index contributed by atoms with van der Waals surface area (Å²) in [6.07, 6.45) is 0. The summed E-state index contributed by atoms with van der Waals surface area (Å²) in [4.78, 5) is 6.65. The van der Waals surface area contributed by atoms with Gasteiger partial charge in [-0.1, -0.05) is 18.2 Å². The minimum Gasteiger partial charge on any atom is -0.497 e. The summed E-state index contributed by atoms with van der Waals surface area (Å²) in [6, 6.07) is 12.6. The maximum absolute atomic E-state index is 13.5. The van der Waals surface area contributed by atoms with E-state index in [1.54, 1.807) is 19.2 Å². The molecule has 2 aromatic carbocycles. The van der Waals surface area contributed by atoms with Crippen molar-refractivity contribution in [2.75, 3.05) is 20.7 Å². The number of rotatable bonds is 7. The summed E-state index contributed by atoms with van der Waals surface area (Å²) < 4.78 is 18.7. The Hall–Kier alpha value is -1.87. The molecule has 5 nitrogen and oxygen atoms in total. The molecule has 0 radical (unpaired) electrons. The van der Waals surface area contributed by atoms with Gasteiger partial charge in [0, 0.05) is 25.7 Å². The van der Waals surface area contributed by atoms with Crippen LogP contribution in [0.1, 0.15) is 23.6 Å². The number of aliphatic hydroxyl groups excluding tert-OH is 1. The van der Waals surface area contributed by atoms with Crippen LogP contribution in [0.3, 0.4) is 0 Å². The molecule has 2 aromatic rings. The lowest BCUT2D eigenvalue weighted by Gasteiger charge is -2.22. The molecule has 0 aromatic heterocycles. The van der Waals surface area contributed by atoms with E-state index in [-0.39, 0.29) is 36.1 Å². The monoisotopic (exact) mass is 487 g/mol. The van der Waals surface area contributed by atoms with E-state index in [0.717, 1.165) is 29.4 Å². The molecular formula is C20H27FIN3O2. The van der Waals surface area contributed by atoms with Crippen LogP contribution >= 0.6 is 24.0 Å². The Morgan fingerprint density at radius 3 is 2.44 bits per heavy atom. The molecule has 0 aliphatic rings. The number of hydrogen-bond donors (Lipinski definition) is 2. The SMILES string of the molecule is CCNC(=NCc1ccc(F)c(CO)c1)N(C)Cc1ccc(OC)cc1.I. The Morgan fingerprint density at radius 1 is 1.19 bits per heavy atom. The van der Waals surface area contributed by atoms with Crippen molar-refractivity contribution in [2.45, 2.75) is 26.6 Å². The highest BCUT2D eigenvalue weighted by Crippen LogP contribution is 2.14. The lowest BCUT2D eigenvalue weighted by atomic mass is 10.1. The Bertz CT molecular complexity index is 739. The standard InChI is InChI=1S/C20H26FN3O2.HI/c1-4-22-20(23-12-16-7-10-19(21)17(11-16)14-25)24(2)13-15-5-8-18(26-3)9-6-15;/h5-11,25H,4,12-14H2,1-3H3,(H,22,23);1H. The Morgan fingerprint density at radius 2 is 1.85 bits per heavy atom. The number of halogens is 2. The molecule has 0 saturated heterocycles. The average molecular weight is 487 g/mol. The molecule has 7 heteroatoms. The number of hydrogen-bond acceptors (Lipinski definition) is 3. The first kappa shape index (κ1) is 23.2. The van der Waals surface area contributed by atoms with Gasteiger partial charge in [-0.05, 0) is 42.3 Å². The largest absolute Gasteiger partial charge is 0.497 e. The van der Waals surface area contributed by atoms with E-state index in [9.17, 15) is 9.50 Å². The van der Waals surface area contributed by atoms with Gasteiger partial charge in [-0.3, -0.25) is 0 Å². The first-order chi connectivity index (χ1) is 12.6. The summed E-state index contributed by atoms with van der Waals surface area (Å²) in [6.45, 7) is 3.54. The third-order valence-electron chi connectivity index (χ3n) is 3.97. The molecule has 0 saturated carbocycles. The Kier molecular flexibility index (Phi) is 10.1. The topological polar surface area (TPSA) is 57.1 Å². The highest BCUT2D eigenvalue weighted by atomic mass is 127. The maximum Gasteiger partial charge on any atom is 0.194 e. The molecule has 0 bridgehead atoms. The van der Waals surface area contributed by atoms with E-state index < -0.39 is 5.82 Å². The number of methoxy groups -OCH3 is 1. The first-order valence-corrected chi connectivity index (χ1v) is 8.58. The Balaban J connectivity index is 0.00000364. The van der Waals surface area contributed by atoms with Crippen LogP contribution in [0, 0.1) is 5.82 Å². The lowest BCUT2D eigenvalue weighted by Crippen LogP contribution is -2.38. The van der Waals surface area contributed by atoms with Gasteiger partial charge in [0.15, 0.2) is 5.96 Å². The maximum atomic E-state index is 13.5. The molecule has 0 aliphatic carbocycles. The van der Waals surface area contributed by atoms with Gasteiger partial charge in [-0.2, -0.15) is 0 Å². The quantitative estimate of drug-likeness (QED) is 0.357. The van der Waals surface area contributed by atoms with E-state index in [1.807, 2.05) is 43.1 Å². The fraction of sp³-hybridized carbons (Fsp3) is 0.350. The summed E-state index contributed by atoms with van der Waals surface area (Å²) in [7, 11) is 3.62. The second kappa shape index (κ2) is 11.8. The van der Waals surface area contributed by atoms with Crippen LogP contribution in [-0.4, -0.2) is 36.7 Å². The number of guanidine groups is 1. The van der Waals surface area contributed by atoms with Crippen molar-refractivity contribution in [2.24, 2.45) is 4.99 Å². The van der Waals surface area contributed by atoms with Crippen LogP contribution in [0.25, 0.3) is 0 Å². The first-order valence-electron chi connectivity index (χ1n) is 8.58. The number of nitrogens with one attached hydrogen (secondary N) is 1. The lowest BCUT2D eigenvalue weighted by molar-refractivity contribution is 0.275. The highest BCUT2D eigenvalue weighted by molar-refractivity contribution is 14.0. The van der Waals surface area contributed by atoms with Crippen LogP contribution in [0.15, 0.2) is 47.5 Å². The van der Waals surface area contributed by atoms with Crippen molar-refractivity contribution < 1.29 is 14.2 Å². The van der Waals surface area contributed by atoms with E-state index in [2.05, 4.69) is 10.3 Å². The fourth-order valence-electron chi connectivity index (χ4n) is 2.56. The molecule has 2 rings (SSSR count). The minimum absolute atomic E-state index is 0. The van der Waals surface area contributed by atoms with E-state index in [0.29, 0.717) is 13.1 Å². The zero-order valence-electron chi connectivity index (χ0n) is 15.9. The van der Waals surface area contributed by atoms with Crippen LogP contribution in [0.5, 0.6) is 5.75 Å². The minimum atomic E-state index is -0.399. The van der Waals surface area contributed by atoms with Crippen LogP contribution in [0.2, 0.25) is 0 Å². The molecule has 0 spiro atoms. The summed E-state index contributed by atoms with van der Waals surface area (Å²) in [5.41, 5.74) is 2.28. The second-order valence-electron chi connectivity index (χ2n) is 5.96. The fourth-order valence-corrected chi connectivity index (χ4v) is 2.56. The molecule has 0 atom stereocenters. The van der Waals surface area contributed by atoms with Crippen molar-refractivity contribution in [1.82, 2.24) is 10.2 Å². The van der Waals surface area contributed by atoms with Gasteiger partial charge < -0.3 is 20.1 Å². The van der Waals surface area contributed by atoms with Crippen molar-refractivity contribution in [1.29, 1.82) is 0 Å². The van der Waals surface area contributed by atoms with Crippen molar-refractivity contribution in [3.05, 3.63) is 65.0 Å². The van der Waals surface area contributed by atoms with Crippen molar-refractivity contribution in [3.8, 4) is 5.75 Å². The average Bonchev–Trinajstić information content (AvgIpc) is 2.66. The van der Waals surface area contributed by atoms with Gasteiger partial charge in [-0.25, -0.2) is 9.38 Å². The van der Waals surface area contributed by atoms with E-state index in [1.165, 1.54) is 6.07 Å². The van der Waals surface area contributed by atoms with E-state index >= 15 is 0 Å². The smallest absolute Gasteiger partial charge is 0.194 e. The second-order valence-corrected chi connectivity index (χ2v) is 5.96. The van der Waals surface area contributed by atoms with Crippen molar-refractivity contribution >= 4 is 29.9 Å². The molecule has 0 aliphatic heterocycles. The van der Waals surface area contributed by atoms with Crippen LogP contribution in [0.4, 0.5) is 4.39 Å². The predicted molar refractivity (Wildman–Crippen MR) is 117 cm³/mol. The van der Waals surface area contributed by atoms with Gasteiger partial charge in [0.05, 0.1) is 20.3 Å². The Labute approximate surface area is 177 Å². The van der Waals surface area contributed by atoms with Gasteiger partial charge in [-0.15, -0.1) is 24.0 Å². The third kappa shape index (κ3) is 6.99. The summed E-state index contributed by atoms with van der Waals surface area (Å²) >= 11 is 0. The van der Waals surface area contributed by atoms with Gasteiger partial charge >= 0.3 is 0 Å². The number of ether oxygens (including phenoxy) is 1. The van der Waals surface area contributed by atoms with Crippen LogP contribution < -0.4 is 10.1 Å². The highest BCUT2D eigenvalue weighted by Gasteiger charge is 2.08. The number of aliphatic hydroxyl groups is 1. The van der Waals surface area contributed by atoms with Crippen LogP contribution in [-0.2, 0) is 19.7 Å². The molecule has 2 N–H and O–H groups in total. The number of aliphatic imine (C=N–C) groups is 1. The molecular weight excluding hydrogens is 460 g/mol. The molecule has 27 heavy (non-hydrogen) atoms. The molecule has 148 valence electrons. The molecule has 0 fully saturated rings. The molecule has 0 amide bonds. The van der Waals surface area contributed by atoms with Crippen molar-refractivity contribution in [3.63, 3.8) is 0 Å². The normalized spacial score (nSPS) is 10.9. The number of nitrogens with zero attached hydrogens (tertiary/aromatic N) is 2. The third-order valence-corrected chi connectivity index (χ3v) is 3.97.